The summed E-state index contributed by atoms with van der Waals surface area (Å²) in [5.74, 6) is 0.528. The van der Waals surface area contributed by atoms with Gasteiger partial charge in [-0.1, -0.05) is 31.2 Å². The molecule has 116 valence electrons. The fourth-order valence-corrected chi connectivity index (χ4v) is 3.44. The van der Waals surface area contributed by atoms with Crippen molar-refractivity contribution in [3.63, 3.8) is 0 Å². The van der Waals surface area contributed by atoms with Gasteiger partial charge in [0, 0.05) is 18.8 Å². The second-order valence-corrected chi connectivity index (χ2v) is 6.16. The van der Waals surface area contributed by atoms with Crippen molar-refractivity contribution in [2.24, 2.45) is 0 Å². The molecule has 1 aromatic carbocycles. The number of hydrogen-bond donors (Lipinski definition) is 1. The van der Waals surface area contributed by atoms with Crippen LogP contribution in [-0.4, -0.2) is 23.0 Å². The second-order valence-electron chi connectivity index (χ2n) is 6.16. The molecule has 1 fully saturated rings. The van der Waals surface area contributed by atoms with Crippen LogP contribution in [0, 0.1) is 0 Å². The molecule has 0 radical (unpaired) electrons. The first-order valence-electron chi connectivity index (χ1n) is 8.24. The molecule has 3 rings (SSSR count). The van der Waals surface area contributed by atoms with Crippen molar-refractivity contribution in [1.29, 1.82) is 0 Å². The van der Waals surface area contributed by atoms with Crippen molar-refractivity contribution in [3.05, 3.63) is 69.6 Å². The largest absolute Gasteiger partial charge is 0.329 e. The standard InChI is InChI=1S/C19H24N2O/c1-2-15-5-3-4-6-18(15)14-21-11-8-16(9-12-21)17-7-10-20-19(22)13-17/h3-7,10,13,16H,2,8-9,11-12,14H2,1H3,(H,20,22). The van der Waals surface area contributed by atoms with Gasteiger partial charge in [0.05, 0.1) is 0 Å². The first kappa shape index (κ1) is 15.0. The number of H-pyrrole nitrogens is 1. The molecular formula is C19H24N2O. The number of aromatic nitrogens is 1. The van der Waals surface area contributed by atoms with Crippen LogP contribution in [0.3, 0.4) is 0 Å². The van der Waals surface area contributed by atoms with Gasteiger partial charge in [0.15, 0.2) is 0 Å². The zero-order chi connectivity index (χ0) is 15.4. The topological polar surface area (TPSA) is 36.1 Å². The average Bonchev–Trinajstić information content (AvgIpc) is 2.56. The van der Waals surface area contributed by atoms with E-state index in [1.807, 2.05) is 6.07 Å². The number of nitrogens with zero attached hydrogens (tertiary/aromatic N) is 1. The summed E-state index contributed by atoms with van der Waals surface area (Å²) >= 11 is 0. The zero-order valence-corrected chi connectivity index (χ0v) is 13.2. The summed E-state index contributed by atoms with van der Waals surface area (Å²) < 4.78 is 0. The molecule has 2 heterocycles. The number of rotatable bonds is 4. The minimum atomic E-state index is 0.0109. The molecule has 0 bridgehead atoms. The summed E-state index contributed by atoms with van der Waals surface area (Å²) in [6.45, 7) is 5.48. The number of aryl methyl sites for hydroxylation is 1. The number of benzene rings is 1. The van der Waals surface area contributed by atoms with Gasteiger partial charge in [-0.15, -0.1) is 0 Å². The van der Waals surface area contributed by atoms with E-state index in [1.165, 1.54) is 16.7 Å². The van der Waals surface area contributed by atoms with Crippen LogP contribution in [-0.2, 0) is 13.0 Å². The van der Waals surface area contributed by atoms with Crippen LogP contribution in [0.25, 0.3) is 0 Å². The van der Waals surface area contributed by atoms with Gasteiger partial charge in [0.1, 0.15) is 0 Å². The number of piperidine rings is 1. The van der Waals surface area contributed by atoms with Crippen LogP contribution in [0.4, 0.5) is 0 Å². The summed E-state index contributed by atoms with van der Waals surface area (Å²) in [5, 5.41) is 0. The Hall–Kier alpha value is -1.87. The Morgan fingerprint density at radius 2 is 1.86 bits per heavy atom. The third-order valence-corrected chi connectivity index (χ3v) is 4.75. The van der Waals surface area contributed by atoms with E-state index in [9.17, 15) is 4.79 Å². The molecule has 0 spiro atoms. The van der Waals surface area contributed by atoms with E-state index in [-0.39, 0.29) is 5.56 Å². The molecule has 2 aromatic rings. The number of hydrogen-bond acceptors (Lipinski definition) is 2. The first-order valence-corrected chi connectivity index (χ1v) is 8.24. The van der Waals surface area contributed by atoms with Crippen LogP contribution in [0.5, 0.6) is 0 Å². The molecule has 1 aliphatic rings. The van der Waals surface area contributed by atoms with E-state index in [0.717, 1.165) is 38.9 Å². The highest BCUT2D eigenvalue weighted by Gasteiger charge is 2.21. The summed E-state index contributed by atoms with van der Waals surface area (Å²) in [6.07, 6.45) is 5.14. The smallest absolute Gasteiger partial charge is 0.248 e. The van der Waals surface area contributed by atoms with E-state index in [2.05, 4.69) is 41.1 Å². The Bertz CT molecular complexity index is 669. The average molecular weight is 296 g/mol. The predicted molar refractivity (Wildman–Crippen MR) is 90.1 cm³/mol. The van der Waals surface area contributed by atoms with Crippen molar-refractivity contribution in [2.75, 3.05) is 13.1 Å². The molecular weight excluding hydrogens is 272 g/mol. The third-order valence-electron chi connectivity index (χ3n) is 4.75. The fraction of sp³-hybridized carbons (Fsp3) is 0.421. The molecule has 22 heavy (non-hydrogen) atoms. The van der Waals surface area contributed by atoms with Crippen molar-refractivity contribution in [1.82, 2.24) is 9.88 Å². The van der Waals surface area contributed by atoms with Crippen molar-refractivity contribution < 1.29 is 0 Å². The van der Waals surface area contributed by atoms with E-state index in [4.69, 9.17) is 0 Å². The molecule has 0 saturated carbocycles. The summed E-state index contributed by atoms with van der Waals surface area (Å²) in [5.41, 5.74) is 4.12. The van der Waals surface area contributed by atoms with Crippen LogP contribution in [0.1, 0.15) is 42.4 Å². The van der Waals surface area contributed by atoms with Crippen LogP contribution in [0.15, 0.2) is 47.4 Å². The van der Waals surface area contributed by atoms with Gasteiger partial charge in [0.2, 0.25) is 5.56 Å². The summed E-state index contributed by atoms with van der Waals surface area (Å²) in [7, 11) is 0. The normalized spacial score (nSPS) is 16.8. The lowest BCUT2D eigenvalue weighted by molar-refractivity contribution is 0.204. The second kappa shape index (κ2) is 6.93. The van der Waals surface area contributed by atoms with Crippen molar-refractivity contribution in [3.8, 4) is 0 Å². The lowest BCUT2D eigenvalue weighted by atomic mass is 9.90. The molecule has 0 amide bonds. The lowest BCUT2D eigenvalue weighted by Gasteiger charge is -2.32. The van der Waals surface area contributed by atoms with Gasteiger partial charge in [-0.3, -0.25) is 9.69 Å². The number of aromatic amines is 1. The maximum absolute atomic E-state index is 11.4. The van der Waals surface area contributed by atoms with Crippen molar-refractivity contribution >= 4 is 0 Å². The fourth-order valence-electron chi connectivity index (χ4n) is 3.44. The maximum Gasteiger partial charge on any atom is 0.248 e. The minimum Gasteiger partial charge on any atom is -0.329 e. The Morgan fingerprint density at radius 1 is 1.14 bits per heavy atom. The molecule has 0 aliphatic carbocycles. The zero-order valence-electron chi connectivity index (χ0n) is 13.2. The predicted octanol–water partition coefficient (Wildman–Crippen LogP) is 3.32. The number of nitrogens with one attached hydrogen (secondary N) is 1. The van der Waals surface area contributed by atoms with E-state index in [0.29, 0.717) is 5.92 Å². The quantitative estimate of drug-likeness (QED) is 0.939. The molecule has 3 nitrogen and oxygen atoms in total. The van der Waals surface area contributed by atoms with Gasteiger partial charge in [-0.25, -0.2) is 0 Å². The molecule has 0 unspecified atom stereocenters. The molecule has 3 heteroatoms. The van der Waals surface area contributed by atoms with Gasteiger partial charge in [0.25, 0.3) is 0 Å². The maximum atomic E-state index is 11.4. The SMILES string of the molecule is CCc1ccccc1CN1CCC(c2cc[nH]c(=O)c2)CC1. The summed E-state index contributed by atoms with van der Waals surface area (Å²) in [4.78, 5) is 16.7. The van der Waals surface area contributed by atoms with Gasteiger partial charge < -0.3 is 4.98 Å². The molecule has 1 saturated heterocycles. The lowest BCUT2D eigenvalue weighted by Crippen LogP contribution is -2.33. The Labute approximate surface area is 132 Å². The van der Waals surface area contributed by atoms with Crippen LogP contribution < -0.4 is 5.56 Å². The minimum absolute atomic E-state index is 0.0109. The highest BCUT2D eigenvalue weighted by molar-refractivity contribution is 5.27. The monoisotopic (exact) mass is 296 g/mol. The summed E-state index contributed by atoms with van der Waals surface area (Å²) in [6, 6.07) is 12.6. The van der Waals surface area contributed by atoms with Gasteiger partial charge in [-0.05, 0) is 61.0 Å². The molecule has 1 aliphatic heterocycles. The van der Waals surface area contributed by atoms with E-state index < -0.39 is 0 Å². The van der Waals surface area contributed by atoms with E-state index in [1.54, 1.807) is 12.3 Å². The van der Waals surface area contributed by atoms with Gasteiger partial charge in [-0.2, -0.15) is 0 Å². The first-order chi connectivity index (χ1) is 10.8. The Morgan fingerprint density at radius 3 is 2.55 bits per heavy atom. The van der Waals surface area contributed by atoms with Crippen molar-refractivity contribution in [2.45, 2.75) is 38.6 Å². The van der Waals surface area contributed by atoms with Crippen LogP contribution in [0.2, 0.25) is 0 Å². The van der Waals surface area contributed by atoms with Gasteiger partial charge >= 0.3 is 0 Å². The number of pyridine rings is 1. The Balaban J connectivity index is 1.61. The molecule has 1 N–H and O–H groups in total. The Kier molecular flexibility index (Phi) is 4.74. The highest BCUT2D eigenvalue weighted by atomic mass is 16.1. The highest BCUT2D eigenvalue weighted by Crippen LogP contribution is 2.28. The number of likely N-dealkylation sites (tertiary alicyclic amines) is 1. The third kappa shape index (κ3) is 3.47. The van der Waals surface area contributed by atoms with Crippen LogP contribution >= 0.6 is 0 Å². The molecule has 1 aromatic heterocycles. The van der Waals surface area contributed by atoms with E-state index >= 15 is 0 Å². The molecule has 0 atom stereocenters.